The predicted molar refractivity (Wildman–Crippen MR) is 104 cm³/mol. The van der Waals surface area contributed by atoms with E-state index in [0.717, 1.165) is 24.2 Å². The van der Waals surface area contributed by atoms with Crippen LogP contribution in [0.1, 0.15) is 30.0 Å². The van der Waals surface area contributed by atoms with Crippen molar-refractivity contribution < 1.29 is 9.59 Å². The van der Waals surface area contributed by atoms with Crippen molar-refractivity contribution in [2.24, 2.45) is 0 Å². The lowest BCUT2D eigenvalue weighted by Gasteiger charge is -2.30. The van der Waals surface area contributed by atoms with Gasteiger partial charge in [-0.05, 0) is 48.2 Å². The maximum atomic E-state index is 12.7. The highest BCUT2D eigenvalue weighted by atomic mass is 35.5. The number of hydrogen-bond acceptors (Lipinski definition) is 2. The molecule has 5 heteroatoms. The van der Waals surface area contributed by atoms with Crippen LogP contribution < -0.4 is 4.90 Å². The van der Waals surface area contributed by atoms with Crippen molar-refractivity contribution in [1.82, 2.24) is 4.90 Å². The first-order valence-corrected chi connectivity index (χ1v) is 9.22. The molecule has 0 fully saturated rings. The van der Waals surface area contributed by atoms with Crippen molar-refractivity contribution in [2.75, 3.05) is 18.0 Å². The van der Waals surface area contributed by atoms with Crippen molar-refractivity contribution in [3.05, 3.63) is 64.2 Å². The Morgan fingerprint density at radius 1 is 1.15 bits per heavy atom. The molecule has 2 aromatic carbocycles. The van der Waals surface area contributed by atoms with Crippen LogP contribution in [0.5, 0.6) is 0 Å². The monoisotopic (exact) mass is 370 g/mol. The molecule has 0 spiro atoms. The summed E-state index contributed by atoms with van der Waals surface area (Å²) < 4.78 is 0. The average Bonchev–Trinajstić information content (AvgIpc) is 2.62. The number of carbonyl (C=O) groups is 2. The molecule has 0 unspecified atom stereocenters. The van der Waals surface area contributed by atoms with Crippen LogP contribution in [0.2, 0.25) is 5.02 Å². The summed E-state index contributed by atoms with van der Waals surface area (Å²) in [4.78, 5) is 28.3. The molecule has 0 bridgehead atoms. The van der Waals surface area contributed by atoms with Gasteiger partial charge in [0, 0.05) is 43.7 Å². The molecule has 0 aliphatic carbocycles. The maximum Gasteiger partial charge on any atom is 0.224 e. The highest BCUT2D eigenvalue weighted by Crippen LogP contribution is 2.24. The molecule has 0 radical (unpaired) electrons. The van der Waals surface area contributed by atoms with Crippen molar-refractivity contribution in [3.63, 3.8) is 0 Å². The van der Waals surface area contributed by atoms with Crippen molar-refractivity contribution >= 4 is 29.1 Å². The summed E-state index contributed by atoms with van der Waals surface area (Å²) in [5.74, 6) is 0.00424. The van der Waals surface area contributed by atoms with Crippen LogP contribution >= 0.6 is 11.6 Å². The number of benzene rings is 2. The zero-order chi connectivity index (χ0) is 18.7. The van der Waals surface area contributed by atoms with E-state index >= 15 is 0 Å². The normalized spacial score (nSPS) is 13.3. The van der Waals surface area contributed by atoms with Crippen LogP contribution in [-0.4, -0.2) is 29.8 Å². The van der Waals surface area contributed by atoms with Crippen LogP contribution in [-0.2, 0) is 22.6 Å². The molecule has 0 atom stereocenters. The number of nitrogens with zero attached hydrogens (tertiary/aromatic N) is 2. The highest BCUT2D eigenvalue weighted by Gasteiger charge is 2.22. The van der Waals surface area contributed by atoms with Gasteiger partial charge in [0.1, 0.15) is 0 Å². The van der Waals surface area contributed by atoms with E-state index in [4.69, 9.17) is 11.6 Å². The predicted octanol–water partition coefficient (Wildman–Crippen LogP) is 3.98. The SMILES string of the molecule is CC(=O)N(CCC(=O)N1CCc2ccccc2C1)c1ccc(Cl)cc1C. The molecule has 2 amide bonds. The fourth-order valence-electron chi connectivity index (χ4n) is 3.44. The van der Waals surface area contributed by atoms with Crippen molar-refractivity contribution in [1.29, 1.82) is 0 Å². The Kier molecular flexibility index (Phi) is 5.62. The first-order valence-electron chi connectivity index (χ1n) is 8.84. The number of aryl methyl sites for hydroxylation is 1. The minimum absolute atomic E-state index is 0.0767. The Labute approximate surface area is 159 Å². The number of amides is 2. The fraction of sp³-hybridized carbons (Fsp3) is 0.333. The number of rotatable bonds is 4. The fourth-order valence-corrected chi connectivity index (χ4v) is 3.67. The van der Waals surface area contributed by atoms with E-state index in [1.807, 2.05) is 36.1 Å². The summed E-state index contributed by atoms with van der Waals surface area (Å²) in [6, 6.07) is 13.7. The van der Waals surface area contributed by atoms with Crippen LogP contribution in [0.3, 0.4) is 0 Å². The first-order chi connectivity index (χ1) is 12.5. The Bertz CT molecular complexity index is 835. The molecule has 2 aromatic rings. The van der Waals surface area contributed by atoms with Gasteiger partial charge in [0.25, 0.3) is 0 Å². The molecular formula is C21H23ClN2O2. The molecule has 1 aliphatic heterocycles. The number of halogens is 1. The highest BCUT2D eigenvalue weighted by molar-refractivity contribution is 6.30. The van der Waals surface area contributed by atoms with E-state index in [9.17, 15) is 9.59 Å². The third-order valence-electron chi connectivity index (χ3n) is 4.86. The molecule has 3 rings (SSSR count). The topological polar surface area (TPSA) is 40.6 Å². The van der Waals surface area contributed by atoms with E-state index in [2.05, 4.69) is 12.1 Å². The second-order valence-electron chi connectivity index (χ2n) is 6.69. The zero-order valence-corrected chi connectivity index (χ0v) is 15.9. The molecule has 0 aromatic heterocycles. The summed E-state index contributed by atoms with van der Waals surface area (Å²) in [5, 5.41) is 0.637. The van der Waals surface area contributed by atoms with E-state index in [0.29, 0.717) is 24.5 Å². The second kappa shape index (κ2) is 7.92. The molecule has 0 N–H and O–H groups in total. The third kappa shape index (κ3) is 4.07. The molecule has 4 nitrogen and oxygen atoms in total. The summed E-state index contributed by atoms with van der Waals surface area (Å²) in [5.41, 5.74) is 4.26. The van der Waals surface area contributed by atoms with Gasteiger partial charge in [-0.15, -0.1) is 0 Å². The lowest BCUT2D eigenvalue weighted by atomic mass is 10.00. The molecule has 1 heterocycles. The molecule has 1 aliphatic rings. The number of carbonyl (C=O) groups excluding carboxylic acids is 2. The van der Waals surface area contributed by atoms with Gasteiger partial charge in [0.2, 0.25) is 11.8 Å². The van der Waals surface area contributed by atoms with Crippen molar-refractivity contribution in [2.45, 2.75) is 33.2 Å². The summed E-state index contributed by atoms with van der Waals surface area (Å²) in [7, 11) is 0. The van der Waals surface area contributed by atoms with E-state index < -0.39 is 0 Å². The third-order valence-corrected chi connectivity index (χ3v) is 5.10. The van der Waals surface area contributed by atoms with Gasteiger partial charge in [0.05, 0.1) is 0 Å². The lowest BCUT2D eigenvalue weighted by molar-refractivity contribution is -0.131. The molecule has 26 heavy (non-hydrogen) atoms. The zero-order valence-electron chi connectivity index (χ0n) is 15.2. The largest absolute Gasteiger partial charge is 0.338 e. The van der Waals surface area contributed by atoms with Gasteiger partial charge in [-0.25, -0.2) is 0 Å². The Balaban J connectivity index is 1.66. The van der Waals surface area contributed by atoms with E-state index in [1.165, 1.54) is 18.1 Å². The first kappa shape index (κ1) is 18.5. The minimum atomic E-state index is -0.0767. The van der Waals surface area contributed by atoms with Gasteiger partial charge in [-0.1, -0.05) is 35.9 Å². The molecule has 0 saturated heterocycles. The second-order valence-corrected chi connectivity index (χ2v) is 7.12. The molecular weight excluding hydrogens is 348 g/mol. The lowest BCUT2D eigenvalue weighted by Crippen LogP contribution is -2.39. The molecule has 0 saturated carbocycles. The Morgan fingerprint density at radius 3 is 2.58 bits per heavy atom. The van der Waals surface area contributed by atoms with Crippen molar-refractivity contribution in [3.8, 4) is 0 Å². The summed E-state index contributed by atoms with van der Waals surface area (Å²) in [6.45, 7) is 5.19. The van der Waals surface area contributed by atoms with Gasteiger partial charge >= 0.3 is 0 Å². The Morgan fingerprint density at radius 2 is 1.88 bits per heavy atom. The van der Waals surface area contributed by atoms with Gasteiger partial charge in [0.15, 0.2) is 0 Å². The van der Waals surface area contributed by atoms with E-state index in [1.54, 1.807) is 11.0 Å². The maximum absolute atomic E-state index is 12.7. The quantitative estimate of drug-likeness (QED) is 0.816. The Hall–Kier alpha value is -2.33. The van der Waals surface area contributed by atoms with Crippen LogP contribution in [0, 0.1) is 6.92 Å². The minimum Gasteiger partial charge on any atom is -0.338 e. The number of hydrogen-bond donors (Lipinski definition) is 0. The smallest absolute Gasteiger partial charge is 0.224 e. The summed E-state index contributed by atoms with van der Waals surface area (Å²) >= 11 is 6.01. The number of fused-ring (bicyclic) bond motifs is 1. The van der Waals surface area contributed by atoms with Crippen LogP contribution in [0.15, 0.2) is 42.5 Å². The average molecular weight is 371 g/mol. The van der Waals surface area contributed by atoms with Gasteiger partial charge in [-0.2, -0.15) is 0 Å². The van der Waals surface area contributed by atoms with Crippen LogP contribution in [0.4, 0.5) is 5.69 Å². The molecule has 136 valence electrons. The van der Waals surface area contributed by atoms with Gasteiger partial charge in [-0.3, -0.25) is 9.59 Å². The van der Waals surface area contributed by atoms with Crippen LogP contribution in [0.25, 0.3) is 0 Å². The standard InChI is InChI=1S/C21H23ClN2O2/c1-15-13-19(22)7-8-20(15)24(16(2)25)12-10-21(26)23-11-9-17-5-3-4-6-18(17)14-23/h3-8,13H,9-12,14H2,1-2H3. The van der Waals surface area contributed by atoms with Gasteiger partial charge < -0.3 is 9.80 Å². The van der Waals surface area contributed by atoms with E-state index in [-0.39, 0.29) is 11.8 Å². The summed E-state index contributed by atoms with van der Waals surface area (Å²) in [6.07, 6.45) is 1.19. The number of anilines is 1.